The van der Waals surface area contributed by atoms with Crippen LogP contribution in [0.15, 0.2) is 66.9 Å². The van der Waals surface area contributed by atoms with Gasteiger partial charge in [-0.25, -0.2) is 9.78 Å². The lowest BCUT2D eigenvalue weighted by molar-refractivity contribution is 0.0477. The molecule has 2 aromatic carbocycles. The van der Waals surface area contributed by atoms with Crippen LogP contribution in [0.2, 0.25) is 0 Å². The smallest absolute Gasteiger partial charge is 0.407 e. The van der Waals surface area contributed by atoms with Crippen LogP contribution >= 0.6 is 0 Å². The van der Waals surface area contributed by atoms with Gasteiger partial charge in [-0.05, 0) is 63.4 Å². The fourth-order valence-corrected chi connectivity index (χ4v) is 4.94. The number of amides is 1. The second-order valence-electron chi connectivity index (χ2n) is 11.0. The summed E-state index contributed by atoms with van der Waals surface area (Å²) in [5.74, 6) is 1.05. The highest BCUT2D eigenvalue weighted by Gasteiger charge is 2.28. The number of likely N-dealkylation sites (tertiary alicyclic amines) is 1. The zero-order valence-electron chi connectivity index (χ0n) is 22.6. The van der Waals surface area contributed by atoms with Crippen molar-refractivity contribution < 1.29 is 9.53 Å². The van der Waals surface area contributed by atoms with E-state index in [2.05, 4.69) is 20.5 Å². The highest BCUT2D eigenvalue weighted by molar-refractivity contribution is 6.30. The van der Waals surface area contributed by atoms with Gasteiger partial charge >= 0.3 is 6.09 Å². The fraction of sp³-hybridized carbons (Fsp3) is 0.333. The van der Waals surface area contributed by atoms with E-state index in [1.54, 1.807) is 11.1 Å². The molecule has 1 amide bonds. The Kier molecular flexibility index (Phi) is 7.34. The minimum Gasteiger partial charge on any atom is -0.444 e. The van der Waals surface area contributed by atoms with Gasteiger partial charge in [-0.1, -0.05) is 36.4 Å². The Morgan fingerprint density at radius 1 is 1.08 bits per heavy atom. The zero-order chi connectivity index (χ0) is 27.6. The molecule has 0 bridgehead atoms. The molecule has 9 heteroatoms. The molecule has 0 saturated carbocycles. The molecule has 3 aromatic rings. The first-order valence-electron chi connectivity index (χ1n) is 13.3. The van der Waals surface area contributed by atoms with Crippen LogP contribution in [-0.2, 0) is 11.3 Å². The molecule has 0 atom stereocenters. The lowest BCUT2D eigenvalue weighted by atomic mass is 10.0. The number of pyridine rings is 1. The molecule has 39 heavy (non-hydrogen) atoms. The third-order valence-corrected chi connectivity index (χ3v) is 6.85. The van der Waals surface area contributed by atoms with Gasteiger partial charge in [0.25, 0.3) is 0 Å². The number of carbonyl (C=O) groups excluding carboxylic acids is 1. The van der Waals surface area contributed by atoms with Gasteiger partial charge in [0.05, 0.1) is 11.4 Å². The lowest BCUT2D eigenvalue weighted by Crippen LogP contribution is -2.45. The van der Waals surface area contributed by atoms with E-state index in [1.165, 1.54) is 0 Å². The van der Waals surface area contributed by atoms with E-state index in [0.717, 1.165) is 49.3 Å². The lowest BCUT2D eigenvalue weighted by Gasteiger charge is -2.33. The van der Waals surface area contributed by atoms with Crippen LogP contribution in [-0.4, -0.2) is 52.4 Å². The monoisotopic (exact) mass is 525 g/mol. The van der Waals surface area contributed by atoms with Gasteiger partial charge in [0, 0.05) is 43.0 Å². The number of benzene rings is 2. The fourth-order valence-electron chi connectivity index (χ4n) is 4.94. The predicted molar refractivity (Wildman–Crippen MR) is 154 cm³/mol. The summed E-state index contributed by atoms with van der Waals surface area (Å²) >= 11 is 0. The number of ether oxygens (including phenoxy) is 1. The number of alkyl carbamates (subject to hydrolysis) is 1. The Bertz CT molecular complexity index is 1370. The van der Waals surface area contributed by atoms with Crippen LogP contribution in [0.4, 0.5) is 22.0 Å². The standard InChI is InChI=1S/C30H35N7O2/c1-30(2,3)39-29(38)34-22-14-17-36(18-15-22)19-20-10-12-21(13-11-20)26(31)37-25-9-6-16-33-28(25)35-24-8-5-4-7-23(24)27(37)32/h4-13,16,22,31-32H,14-15,17-19H2,1-3H3,(H,33,35)(H,34,38). The summed E-state index contributed by atoms with van der Waals surface area (Å²) in [5, 5.41) is 24.3. The molecule has 0 radical (unpaired) electrons. The SMILES string of the molecule is CC(C)(C)OC(=O)NC1CCN(Cc2ccc(C(=N)N3C(=N)c4ccccc4Nc4ncccc43)cc2)CC1. The van der Waals surface area contributed by atoms with Crippen LogP contribution in [0.5, 0.6) is 0 Å². The molecule has 0 aliphatic carbocycles. The maximum atomic E-state index is 12.1. The second kappa shape index (κ2) is 10.9. The third-order valence-electron chi connectivity index (χ3n) is 6.85. The molecule has 1 aromatic heterocycles. The molecule has 5 rings (SSSR count). The number of fused-ring (bicyclic) bond motifs is 2. The summed E-state index contributed by atoms with van der Waals surface area (Å²) in [4.78, 5) is 20.6. The van der Waals surface area contributed by atoms with Crippen molar-refractivity contribution in [2.24, 2.45) is 0 Å². The molecule has 3 heterocycles. The Morgan fingerprint density at radius 2 is 1.79 bits per heavy atom. The van der Waals surface area contributed by atoms with E-state index >= 15 is 0 Å². The van der Waals surface area contributed by atoms with Gasteiger partial charge in [-0.2, -0.15) is 0 Å². The van der Waals surface area contributed by atoms with Gasteiger partial charge in [0.1, 0.15) is 17.3 Å². The number of carbonyl (C=O) groups is 1. The number of amidine groups is 2. The number of anilines is 3. The van der Waals surface area contributed by atoms with E-state index < -0.39 is 5.60 Å². The van der Waals surface area contributed by atoms with Gasteiger partial charge in [0.15, 0.2) is 5.82 Å². The topological polar surface area (TPSA) is 117 Å². The van der Waals surface area contributed by atoms with Crippen LogP contribution in [0.25, 0.3) is 0 Å². The predicted octanol–water partition coefficient (Wildman–Crippen LogP) is 5.49. The van der Waals surface area contributed by atoms with Crippen LogP contribution in [0.3, 0.4) is 0 Å². The summed E-state index contributed by atoms with van der Waals surface area (Å²) in [6.07, 6.45) is 3.11. The molecule has 4 N–H and O–H groups in total. The van der Waals surface area contributed by atoms with Gasteiger partial charge < -0.3 is 15.4 Å². The molecule has 1 saturated heterocycles. The Labute approximate surface area is 229 Å². The van der Waals surface area contributed by atoms with Crippen molar-refractivity contribution in [1.29, 1.82) is 10.8 Å². The van der Waals surface area contributed by atoms with Gasteiger partial charge in [-0.3, -0.25) is 20.6 Å². The number of piperidine rings is 1. The number of nitrogens with zero attached hydrogens (tertiary/aromatic N) is 3. The van der Waals surface area contributed by atoms with Crippen molar-refractivity contribution in [3.05, 3.63) is 83.6 Å². The number of rotatable bonds is 4. The van der Waals surface area contributed by atoms with E-state index in [-0.39, 0.29) is 23.8 Å². The van der Waals surface area contributed by atoms with Gasteiger partial charge in [-0.15, -0.1) is 0 Å². The average Bonchev–Trinajstić information content (AvgIpc) is 3.02. The molecule has 0 spiro atoms. The number of nitrogens with one attached hydrogen (secondary N) is 4. The maximum Gasteiger partial charge on any atom is 0.407 e. The zero-order valence-corrected chi connectivity index (χ0v) is 22.6. The molecule has 202 valence electrons. The molecule has 2 aliphatic heterocycles. The molecule has 1 fully saturated rings. The van der Waals surface area contributed by atoms with E-state index in [4.69, 9.17) is 15.6 Å². The molecule has 2 aliphatic rings. The number of aromatic nitrogens is 1. The summed E-state index contributed by atoms with van der Waals surface area (Å²) in [7, 11) is 0. The maximum absolute atomic E-state index is 12.1. The summed E-state index contributed by atoms with van der Waals surface area (Å²) in [6, 6.07) is 19.4. The Hall–Kier alpha value is -4.24. The Balaban J connectivity index is 1.24. The normalized spacial score (nSPS) is 16.0. The average molecular weight is 526 g/mol. The molecular weight excluding hydrogens is 490 g/mol. The van der Waals surface area contributed by atoms with Crippen molar-refractivity contribution in [2.75, 3.05) is 23.3 Å². The van der Waals surface area contributed by atoms with E-state index in [0.29, 0.717) is 17.1 Å². The number of para-hydroxylation sites is 1. The van der Waals surface area contributed by atoms with Crippen molar-refractivity contribution in [3.63, 3.8) is 0 Å². The largest absolute Gasteiger partial charge is 0.444 e. The summed E-state index contributed by atoms with van der Waals surface area (Å²) < 4.78 is 5.38. The van der Waals surface area contributed by atoms with Crippen LogP contribution < -0.4 is 15.5 Å². The third kappa shape index (κ3) is 6.09. The highest BCUT2D eigenvalue weighted by atomic mass is 16.6. The number of hydrogen-bond acceptors (Lipinski definition) is 7. The molecular formula is C30H35N7O2. The number of hydrogen-bond donors (Lipinski definition) is 4. The Morgan fingerprint density at radius 3 is 2.51 bits per heavy atom. The summed E-state index contributed by atoms with van der Waals surface area (Å²) in [5.41, 5.74) is 3.54. The quantitative estimate of drug-likeness (QED) is 0.265. The van der Waals surface area contributed by atoms with Crippen LogP contribution in [0.1, 0.15) is 50.3 Å². The first-order chi connectivity index (χ1) is 18.7. The van der Waals surface area contributed by atoms with Crippen molar-refractivity contribution >= 4 is 35.0 Å². The second-order valence-corrected chi connectivity index (χ2v) is 11.0. The van der Waals surface area contributed by atoms with E-state index in [9.17, 15) is 4.79 Å². The first-order valence-corrected chi connectivity index (χ1v) is 13.3. The van der Waals surface area contributed by atoms with Gasteiger partial charge in [0.2, 0.25) is 0 Å². The van der Waals surface area contributed by atoms with E-state index in [1.807, 2.05) is 81.4 Å². The van der Waals surface area contributed by atoms with Crippen molar-refractivity contribution in [1.82, 2.24) is 15.2 Å². The minimum absolute atomic E-state index is 0.125. The summed E-state index contributed by atoms with van der Waals surface area (Å²) in [6.45, 7) is 8.18. The minimum atomic E-state index is -0.498. The molecule has 9 nitrogen and oxygen atoms in total. The van der Waals surface area contributed by atoms with Crippen molar-refractivity contribution in [3.8, 4) is 0 Å². The first kappa shape index (κ1) is 26.4. The molecule has 0 unspecified atom stereocenters. The van der Waals surface area contributed by atoms with Crippen LogP contribution in [0, 0.1) is 10.8 Å². The highest BCUT2D eigenvalue weighted by Crippen LogP contribution is 2.34. The van der Waals surface area contributed by atoms with Crippen molar-refractivity contribution in [2.45, 2.75) is 51.8 Å².